The van der Waals surface area contributed by atoms with Crippen LogP contribution in [0.4, 0.5) is 0 Å². The van der Waals surface area contributed by atoms with Gasteiger partial charge in [0.15, 0.2) is 0 Å². The summed E-state index contributed by atoms with van der Waals surface area (Å²) in [5.41, 5.74) is 0.722. The van der Waals surface area contributed by atoms with Crippen LogP contribution in [0.3, 0.4) is 0 Å². The lowest BCUT2D eigenvalue weighted by atomic mass is 10.1. The zero-order valence-electron chi connectivity index (χ0n) is 14.8. The van der Waals surface area contributed by atoms with Gasteiger partial charge in [0.2, 0.25) is 0 Å². The summed E-state index contributed by atoms with van der Waals surface area (Å²) in [5, 5.41) is 13.5. The Morgan fingerprint density at radius 2 is 1.59 bits per heavy atom. The van der Waals surface area contributed by atoms with Crippen molar-refractivity contribution in [3.8, 4) is 0 Å². The first kappa shape index (κ1) is 21.5. The number of rotatable bonds is 6. The lowest BCUT2D eigenvalue weighted by molar-refractivity contribution is 0.0691. The molecule has 0 spiro atoms. The molecule has 3 aromatic rings. The minimum absolute atomic E-state index is 0.0632. The second-order valence-corrected chi connectivity index (χ2v) is 8.26. The van der Waals surface area contributed by atoms with Gasteiger partial charge < -0.3 is 10.4 Å². The van der Waals surface area contributed by atoms with E-state index in [-0.39, 0.29) is 17.7 Å². The normalized spacial score (nSPS) is 10.6. The van der Waals surface area contributed by atoms with Gasteiger partial charge >= 0.3 is 5.97 Å². The van der Waals surface area contributed by atoms with Crippen LogP contribution < -0.4 is 5.32 Å². The van der Waals surface area contributed by atoms with Crippen molar-refractivity contribution in [3.05, 3.63) is 92.4 Å². The maximum Gasteiger partial charge on any atom is 0.336 e. The van der Waals surface area contributed by atoms with Gasteiger partial charge in [-0.2, -0.15) is 0 Å². The van der Waals surface area contributed by atoms with Crippen LogP contribution in [0.1, 0.15) is 26.3 Å². The number of nitrogens with one attached hydrogen (secondary N) is 1. The Labute approximate surface area is 186 Å². The number of halogens is 3. The molecule has 0 fully saturated rings. The number of aromatic carboxylic acids is 1. The van der Waals surface area contributed by atoms with Gasteiger partial charge in [-0.25, -0.2) is 4.79 Å². The van der Waals surface area contributed by atoms with E-state index in [1.54, 1.807) is 36.4 Å². The smallest absolute Gasteiger partial charge is 0.336 e. The Kier molecular flexibility index (Phi) is 7.09. The van der Waals surface area contributed by atoms with Gasteiger partial charge in [0, 0.05) is 31.9 Å². The molecule has 0 bridgehead atoms. The first-order chi connectivity index (χ1) is 13.9. The van der Waals surface area contributed by atoms with E-state index in [0.29, 0.717) is 20.6 Å². The molecule has 29 heavy (non-hydrogen) atoms. The van der Waals surface area contributed by atoms with Crippen molar-refractivity contribution in [2.45, 2.75) is 16.3 Å². The van der Waals surface area contributed by atoms with E-state index in [1.165, 1.54) is 23.9 Å². The molecule has 0 saturated heterocycles. The zero-order valence-corrected chi connectivity index (χ0v) is 17.9. The van der Waals surface area contributed by atoms with Crippen molar-refractivity contribution in [2.75, 3.05) is 0 Å². The molecule has 0 aromatic heterocycles. The van der Waals surface area contributed by atoms with Crippen LogP contribution in [0.5, 0.6) is 0 Å². The van der Waals surface area contributed by atoms with Gasteiger partial charge in [-0.05, 0) is 42.5 Å². The SMILES string of the molecule is O=C(O)c1ccccc1C(=O)NCc1c(Cl)cccc1Sc1ccc(Cl)cc1Cl. The molecule has 0 unspecified atom stereocenters. The van der Waals surface area contributed by atoms with Gasteiger partial charge in [0.1, 0.15) is 0 Å². The predicted molar refractivity (Wildman–Crippen MR) is 117 cm³/mol. The van der Waals surface area contributed by atoms with Crippen molar-refractivity contribution < 1.29 is 14.7 Å². The highest BCUT2D eigenvalue weighted by molar-refractivity contribution is 7.99. The molecule has 3 aromatic carbocycles. The van der Waals surface area contributed by atoms with E-state index in [2.05, 4.69) is 5.32 Å². The molecule has 2 N–H and O–H groups in total. The first-order valence-electron chi connectivity index (χ1n) is 8.37. The second kappa shape index (κ2) is 9.55. The van der Waals surface area contributed by atoms with E-state index in [0.717, 1.165) is 9.79 Å². The summed E-state index contributed by atoms with van der Waals surface area (Å²) in [6.45, 7) is 0.125. The summed E-state index contributed by atoms with van der Waals surface area (Å²) in [7, 11) is 0. The highest BCUT2D eigenvalue weighted by atomic mass is 35.5. The van der Waals surface area contributed by atoms with Gasteiger partial charge in [-0.1, -0.05) is 64.8 Å². The third kappa shape index (κ3) is 5.25. The summed E-state index contributed by atoms with van der Waals surface area (Å²) in [4.78, 5) is 25.5. The van der Waals surface area contributed by atoms with Crippen molar-refractivity contribution in [3.63, 3.8) is 0 Å². The fourth-order valence-corrected chi connectivity index (χ4v) is 4.42. The predicted octanol–water partition coefficient (Wildman–Crippen LogP) is 6.43. The maximum absolute atomic E-state index is 12.6. The van der Waals surface area contributed by atoms with E-state index < -0.39 is 11.9 Å². The van der Waals surface area contributed by atoms with Crippen molar-refractivity contribution in [1.29, 1.82) is 0 Å². The highest BCUT2D eigenvalue weighted by Crippen LogP contribution is 2.38. The van der Waals surface area contributed by atoms with Gasteiger partial charge in [-0.3, -0.25) is 4.79 Å². The van der Waals surface area contributed by atoms with Crippen molar-refractivity contribution in [1.82, 2.24) is 5.32 Å². The van der Waals surface area contributed by atoms with Gasteiger partial charge in [0.25, 0.3) is 5.91 Å². The molecule has 0 aliphatic carbocycles. The molecular formula is C21H14Cl3NO3S. The minimum Gasteiger partial charge on any atom is -0.478 e. The van der Waals surface area contributed by atoms with Crippen LogP contribution in [0, 0.1) is 0 Å². The van der Waals surface area contributed by atoms with Crippen molar-refractivity contribution in [2.24, 2.45) is 0 Å². The largest absolute Gasteiger partial charge is 0.478 e. The molecule has 148 valence electrons. The molecule has 0 heterocycles. The molecule has 0 saturated carbocycles. The Morgan fingerprint density at radius 3 is 2.28 bits per heavy atom. The Morgan fingerprint density at radius 1 is 0.862 bits per heavy atom. The fourth-order valence-electron chi connectivity index (χ4n) is 2.61. The minimum atomic E-state index is -1.16. The lowest BCUT2D eigenvalue weighted by Gasteiger charge is -2.14. The van der Waals surface area contributed by atoms with Crippen molar-refractivity contribution >= 4 is 58.4 Å². The molecule has 1 amide bonds. The molecule has 0 aliphatic rings. The number of benzene rings is 3. The zero-order chi connectivity index (χ0) is 21.0. The number of amides is 1. The molecule has 0 aliphatic heterocycles. The van der Waals surface area contributed by atoms with Crippen LogP contribution in [0.15, 0.2) is 70.5 Å². The van der Waals surface area contributed by atoms with E-state index in [4.69, 9.17) is 34.8 Å². The fraction of sp³-hybridized carbons (Fsp3) is 0.0476. The number of carboxylic acid groups (broad SMARTS) is 1. The Bertz CT molecular complexity index is 1090. The molecule has 4 nitrogen and oxygen atoms in total. The molecular weight excluding hydrogens is 453 g/mol. The number of carbonyl (C=O) groups excluding carboxylic acids is 1. The Balaban J connectivity index is 1.83. The second-order valence-electron chi connectivity index (χ2n) is 5.93. The van der Waals surface area contributed by atoms with Gasteiger partial charge in [-0.15, -0.1) is 0 Å². The standard InChI is InChI=1S/C21H14Cl3NO3S/c22-12-8-9-19(17(24)10-12)29-18-7-3-6-16(23)15(18)11-25-20(26)13-4-1-2-5-14(13)21(27)28/h1-10H,11H2,(H,25,26)(H,27,28). The number of carbonyl (C=O) groups is 2. The maximum atomic E-state index is 12.6. The van der Waals surface area contributed by atoms with Crippen LogP contribution >= 0.6 is 46.6 Å². The number of hydrogen-bond donors (Lipinski definition) is 2. The first-order valence-corrected chi connectivity index (χ1v) is 10.3. The summed E-state index contributed by atoms with van der Waals surface area (Å²) in [6.07, 6.45) is 0. The highest BCUT2D eigenvalue weighted by Gasteiger charge is 2.17. The summed E-state index contributed by atoms with van der Waals surface area (Å²) >= 11 is 20.0. The quantitative estimate of drug-likeness (QED) is 0.439. The third-order valence-corrected chi connectivity index (χ3v) is 6.21. The topological polar surface area (TPSA) is 66.4 Å². The molecule has 3 rings (SSSR count). The number of carboxylic acids is 1. The average molecular weight is 467 g/mol. The lowest BCUT2D eigenvalue weighted by Crippen LogP contribution is -2.25. The molecule has 8 heteroatoms. The monoisotopic (exact) mass is 465 g/mol. The number of hydrogen-bond acceptors (Lipinski definition) is 3. The van der Waals surface area contributed by atoms with Crippen LogP contribution in [0.25, 0.3) is 0 Å². The van der Waals surface area contributed by atoms with E-state index in [9.17, 15) is 14.7 Å². The van der Waals surface area contributed by atoms with E-state index in [1.807, 2.05) is 12.1 Å². The summed E-state index contributed by atoms with van der Waals surface area (Å²) in [5.74, 6) is -1.66. The average Bonchev–Trinajstić information content (AvgIpc) is 2.69. The third-order valence-electron chi connectivity index (χ3n) is 4.02. The summed E-state index contributed by atoms with van der Waals surface area (Å²) < 4.78 is 0. The summed E-state index contributed by atoms with van der Waals surface area (Å²) in [6, 6.07) is 16.6. The van der Waals surface area contributed by atoms with Gasteiger partial charge in [0.05, 0.1) is 16.1 Å². The van der Waals surface area contributed by atoms with Crippen LogP contribution in [-0.4, -0.2) is 17.0 Å². The van der Waals surface area contributed by atoms with E-state index >= 15 is 0 Å². The van der Waals surface area contributed by atoms with Crippen LogP contribution in [-0.2, 0) is 6.54 Å². The molecule has 0 atom stereocenters. The Hall–Kier alpha value is -2.18. The molecule has 0 radical (unpaired) electrons. The van der Waals surface area contributed by atoms with Crippen LogP contribution in [0.2, 0.25) is 15.1 Å².